The molecule has 2 heterocycles. The number of fused-ring (bicyclic) bond motifs is 1. The summed E-state index contributed by atoms with van der Waals surface area (Å²) in [6.07, 6.45) is 0. The molecule has 0 bridgehead atoms. The smallest absolute Gasteiger partial charge is 0.239 e. The average molecular weight is 377 g/mol. The number of anilines is 1. The maximum atomic E-state index is 12.4. The van der Waals surface area contributed by atoms with E-state index in [1.54, 1.807) is 6.07 Å². The second-order valence-corrected chi connectivity index (χ2v) is 7.34. The second kappa shape index (κ2) is 7.99. The van der Waals surface area contributed by atoms with Crippen LogP contribution in [0, 0.1) is 19.8 Å². The topological polar surface area (TPSA) is 59.4 Å². The zero-order chi connectivity index (χ0) is 18.7. The Morgan fingerprint density at radius 2 is 2.19 bits per heavy atom. The Hall–Kier alpha value is -2.21. The van der Waals surface area contributed by atoms with Crippen LogP contribution in [0.5, 0.6) is 5.75 Å². The Bertz CT molecular complexity index is 790. The Kier molecular flexibility index (Phi) is 5.71. The molecule has 1 aliphatic heterocycles. The van der Waals surface area contributed by atoms with E-state index in [0.29, 0.717) is 37.2 Å². The van der Waals surface area contributed by atoms with E-state index < -0.39 is 0 Å². The first-order valence-electron chi connectivity index (χ1n) is 8.87. The molecule has 0 radical (unpaired) electrons. The summed E-state index contributed by atoms with van der Waals surface area (Å²) in [4.78, 5) is 14.4. The highest BCUT2D eigenvalue weighted by Crippen LogP contribution is 2.33. The van der Waals surface area contributed by atoms with Gasteiger partial charge in [0.15, 0.2) is 0 Å². The van der Waals surface area contributed by atoms with Gasteiger partial charge in [0.25, 0.3) is 0 Å². The van der Waals surface area contributed by atoms with Crippen LogP contribution < -0.4 is 15.0 Å². The van der Waals surface area contributed by atoms with Crippen molar-refractivity contribution in [2.24, 2.45) is 5.92 Å². The molecule has 1 atom stereocenters. The van der Waals surface area contributed by atoms with Crippen LogP contribution in [0.15, 0.2) is 24.3 Å². The summed E-state index contributed by atoms with van der Waals surface area (Å²) in [6, 6.07) is 7.55. The lowest BCUT2D eigenvalue weighted by Crippen LogP contribution is -2.42. The molecule has 2 aromatic rings. The average Bonchev–Trinajstić information content (AvgIpc) is 2.91. The summed E-state index contributed by atoms with van der Waals surface area (Å²) in [6.45, 7) is 9.08. The fourth-order valence-corrected chi connectivity index (χ4v) is 3.31. The highest BCUT2D eigenvalue weighted by molar-refractivity contribution is 6.31. The van der Waals surface area contributed by atoms with E-state index in [1.807, 2.05) is 35.6 Å². The first kappa shape index (κ1) is 18.6. The van der Waals surface area contributed by atoms with E-state index in [1.165, 1.54) is 0 Å². The molecule has 0 fully saturated rings. The molecule has 3 rings (SSSR count). The van der Waals surface area contributed by atoms with E-state index in [4.69, 9.17) is 16.3 Å². The van der Waals surface area contributed by atoms with Crippen molar-refractivity contribution in [3.63, 3.8) is 0 Å². The Morgan fingerprint density at radius 3 is 2.92 bits per heavy atom. The number of hydrogen-bond donors (Lipinski definition) is 1. The molecule has 7 heteroatoms. The molecule has 0 unspecified atom stereocenters. The van der Waals surface area contributed by atoms with Crippen LogP contribution >= 0.6 is 11.6 Å². The molecular weight excluding hydrogens is 352 g/mol. The quantitative estimate of drug-likeness (QED) is 0.842. The zero-order valence-corrected chi connectivity index (χ0v) is 16.2. The predicted octanol–water partition coefficient (Wildman–Crippen LogP) is 2.80. The number of amides is 1. The van der Waals surface area contributed by atoms with Gasteiger partial charge in [0.05, 0.1) is 24.5 Å². The standard InChI is InChI=1S/C19H25ClN4O2/c1-13(11-24-15(3)8-14(2)22-24)10-21-19(25)12-23-6-7-26-18-5-4-16(20)9-17(18)23/h4-5,8-9,13H,6-7,10-12H2,1-3H3,(H,21,25)/t13-/m0/s1. The molecule has 1 amide bonds. The number of nitrogens with zero attached hydrogens (tertiary/aromatic N) is 3. The van der Waals surface area contributed by atoms with Crippen LogP contribution in [0.1, 0.15) is 18.3 Å². The van der Waals surface area contributed by atoms with Crippen LogP contribution in [0.2, 0.25) is 5.02 Å². The van der Waals surface area contributed by atoms with Crippen molar-refractivity contribution in [3.8, 4) is 5.75 Å². The number of hydrogen-bond acceptors (Lipinski definition) is 4. The monoisotopic (exact) mass is 376 g/mol. The van der Waals surface area contributed by atoms with Gasteiger partial charge in [-0.25, -0.2) is 0 Å². The van der Waals surface area contributed by atoms with Crippen LogP contribution in [0.25, 0.3) is 0 Å². The highest BCUT2D eigenvalue weighted by Gasteiger charge is 2.20. The molecular formula is C19H25ClN4O2. The van der Waals surface area contributed by atoms with Gasteiger partial charge in [-0.2, -0.15) is 5.10 Å². The van der Waals surface area contributed by atoms with Gasteiger partial charge in [-0.05, 0) is 44.0 Å². The summed E-state index contributed by atoms with van der Waals surface area (Å²) < 4.78 is 7.62. The highest BCUT2D eigenvalue weighted by atomic mass is 35.5. The van der Waals surface area contributed by atoms with Crippen LogP contribution in [0.4, 0.5) is 5.69 Å². The van der Waals surface area contributed by atoms with Crippen molar-refractivity contribution in [1.29, 1.82) is 0 Å². The van der Waals surface area contributed by atoms with E-state index in [-0.39, 0.29) is 5.91 Å². The van der Waals surface area contributed by atoms with Gasteiger partial charge in [0.2, 0.25) is 5.91 Å². The number of carbonyl (C=O) groups excluding carboxylic acids is 1. The molecule has 6 nitrogen and oxygen atoms in total. The summed E-state index contributed by atoms with van der Waals surface area (Å²) in [5.41, 5.74) is 3.03. The van der Waals surface area contributed by atoms with Gasteiger partial charge in [-0.15, -0.1) is 0 Å². The lowest BCUT2D eigenvalue weighted by atomic mass is 10.2. The molecule has 1 aromatic heterocycles. The van der Waals surface area contributed by atoms with Crippen molar-refractivity contribution >= 4 is 23.2 Å². The van der Waals surface area contributed by atoms with E-state index in [2.05, 4.69) is 23.4 Å². The van der Waals surface area contributed by atoms with Gasteiger partial charge in [0.1, 0.15) is 12.4 Å². The van der Waals surface area contributed by atoms with Crippen LogP contribution in [-0.2, 0) is 11.3 Å². The Balaban J connectivity index is 1.52. The number of ether oxygens (including phenoxy) is 1. The van der Waals surface area contributed by atoms with Crippen molar-refractivity contribution in [3.05, 3.63) is 40.7 Å². The van der Waals surface area contributed by atoms with Crippen molar-refractivity contribution in [2.45, 2.75) is 27.3 Å². The van der Waals surface area contributed by atoms with Gasteiger partial charge < -0.3 is 15.0 Å². The number of rotatable bonds is 6. The summed E-state index contributed by atoms with van der Waals surface area (Å²) >= 11 is 6.08. The number of aromatic nitrogens is 2. The normalized spacial score (nSPS) is 14.5. The maximum absolute atomic E-state index is 12.4. The third-order valence-corrected chi connectivity index (χ3v) is 4.69. The fraction of sp³-hybridized carbons (Fsp3) is 0.474. The Morgan fingerprint density at radius 1 is 1.38 bits per heavy atom. The lowest BCUT2D eigenvalue weighted by molar-refractivity contribution is -0.120. The maximum Gasteiger partial charge on any atom is 0.239 e. The molecule has 0 saturated heterocycles. The van der Waals surface area contributed by atoms with E-state index in [9.17, 15) is 4.79 Å². The predicted molar refractivity (Wildman–Crippen MR) is 103 cm³/mol. The van der Waals surface area contributed by atoms with Crippen molar-refractivity contribution in [1.82, 2.24) is 15.1 Å². The number of nitrogens with one attached hydrogen (secondary N) is 1. The number of halogens is 1. The third kappa shape index (κ3) is 4.49. The summed E-state index contributed by atoms with van der Waals surface area (Å²) in [5.74, 6) is 1.06. The van der Waals surface area contributed by atoms with Crippen molar-refractivity contribution in [2.75, 3.05) is 31.1 Å². The summed E-state index contributed by atoms with van der Waals surface area (Å²) in [5, 5.41) is 8.14. The fourth-order valence-electron chi connectivity index (χ4n) is 3.15. The number of benzene rings is 1. The number of carbonyl (C=O) groups is 1. The van der Waals surface area contributed by atoms with Crippen molar-refractivity contribution < 1.29 is 9.53 Å². The lowest BCUT2D eigenvalue weighted by Gasteiger charge is -2.31. The second-order valence-electron chi connectivity index (χ2n) is 6.90. The molecule has 1 N–H and O–H groups in total. The molecule has 140 valence electrons. The number of aryl methyl sites for hydroxylation is 2. The zero-order valence-electron chi connectivity index (χ0n) is 15.5. The minimum atomic E-state index is -0.00181. The molecule has 0 saturated carbocycles. The first-order chi connectivity index (χ1) is 12.4. The molecule has 1 aliphatic rings. The molecule has 1 aromatic carbocycles. The van der Waals surface area contributed by atoms with Gasteiger partial charge >= 0.3 is 0 Å². The molecule has 26 heavy (non-hydrogen) atoms. The minimum Gasteiger partial charge on any atom is -0.490 e. The summed E-state index contributed by atoms with van der Waals surface area (Å²) in [7, 11) is 0. The molecule has 0 spiro atoms. The minimum absolute atomic E-state index is 0.00181. The van der Waals surface area contributed by atoms with Gasteiger partial charge in [-0.1, -0.05) is 18.5 Å². The molecule has 0 aliphatic carbocycles. The third-order valence-electron chi connectivity index (χ3n) is 4.45. The van der Waals surface area contributed by atoms with E-state index in [0.717, 1.165) is 29.4 Å². The van der Waals surface area contributed by atoms with Crippen LogP contribution in [0.3, 0.4) is 0 Å². The van der Waals surface area contributed by atoms with Gasteiger partial charge in [-0.3, -0.25) is 9.48 Å². The van der Waals surface area contributed by atoms with Crippen LogP contribution in [-0.4, -0.2) is 41.9 Å². The SMILES string of the molecule is Cc1cc(C)n(C[C@@H](C)CNC(=O)CN2CCOc3ccc(Cl)cc32)n1. The van der Waals surface area contributed by atoms with E-state index >= 15 is 0 Å². The van der Waals surface area contributed by atoms with Gasteiger partial charge in [0, 0.05) is 23.8 Å². The largest absolute Gasteiger partial charge is 0.490 e. The first-order valence-corrected chi connectivity index (χ1v) is 9.25. The Labute approximate surface area is 159 Å².